The number of carbonyl (C=O) groups is 1. The highest BCUT2D eigenvalue weighted by atomic mass is 16.5. The predicted molar refractivity (Wildman–Crippen MR) is 64.0 cm³/mol. The van der Waals surface area contributed by atoms with Crippen molar-refractivity contribution in [3.63, 3.8) is 0 Å². The van der Waals surface area contributed by atoms with Gasteiger partial charge in [0.05, 0.1) is 12.1 Å². The van der Waals surface area contributed by atoms with E-state index < -0.39 is 0 Å². The molecule has 1 heterocycles. The second-order valence-electron chi connectivity index (χ2n) is 4.68. The molecule has 0 saturated carbocycles. The van der Waals surface area contributed by atoms with E-state index in [2.05, 4.69) is 5.32 Å². The monoisotopic (exact) mass is 228 g/mol. The second-order valence-corrected chi connectivity index (χ2v) is 4.68. The van der Waals surface area contributed by atoms with E-state index >= 15 is 0 Å². The molecular weight excluding hydrogens is 204 g/mol. The number of nitrogens with two attached hydrogens (primary N) is 1. The van der Waals surface area contributed by atoms with Gasteiger partial charge >= 0.3 is 0 Å². The van der Waals surface area contributed by atoms with Crippen molar-refractivity contribution in [1.82, 2.24) is 5.32 Å². The van der Waals surface area contributed by atoms with E-state index in [1.807, 2.05) is 13.8 Å². The molecule has 4 nitrogen and oxygen atoms in total. The van der Waals surface area contributed by atoms with Crippen LogP contribution in [0.5, 0.6) is 0 Å². The van der Waals surface area contributed by atoms with Gasteiger partial charge in [-0.2, -0.15) is 0 Å². The summed E-state index contributed by atoms with van der Waals surface area (Å²) >= 11 is 0. The first-order valence-electron chi connectivity index (χ1n) is 6.27. The molecule has 0 aromatic heterocycles. The normalized spacial score (nSPS) is 24.1. The number of hydrogen-bond donors (Lipinski definition) is 2. The number of hydrogen-bond acceptors (Lipinski definition) is 3. The molecule has 0 aromatic rings. The Hall–Kier alpha value is -0.610. The Morgan fingerprint density at radius 3 is 2.88 bits per heavy atom. The fourth-order valence-corrected chi connectivity index (χ4v) is 2.01. The molecule has 0 aliphatic carbocycles. The van der Waals surface area contributed by atoms with Gasteiger partial charge in [-0.3, -0.25) is 4.79 Å². The summed E-state index contributed by atoms with van der Waals surface area (Å²) in [6.07, 6.45) is 4.13. The lowest BCUT2D eigenvalue weighted by atomic mass is 10.0. The van der Waals surface area contributed by atoms with Crippen LogP contribution in [-0.2, 0) is 9.53 Å². The average molecular weight is 228 g/mol. The van der Waals surface area contributed by atoms with Crippen molar-refractivity contribution >= 4 is 5.91 Å². The first-order valence-corrected chi connectivity index (χ1v) is 6.27. The number of nitrogens with one attached hydrogen (secondary N) is 1. The minimum absolute atomic E-state index is 0.0485. The van der Waals surface area contributed by atoms with Crippen LogP contribution in [0, 0.1) is 5.92 Å². The quantitative estimate of drug-likeness (QED) is 0.714. The van der Waals surface area contributed by atoms with Gasteiger partial charge < -0.3 is 15.8 Å². The Morgan fingerprint density at radius 1 is 1.56 bits per heavy atom. The zero-order chi connectivity index (χ0) is 12.0. The van der Waals surface area contributed by atoms with E-state index in [0.717, 1.165) is 32.3 Å². The molecule has 1 saturated heterocycles. The van der Waals surface area contributed by atoms with Gasteiger partial charge in [0.2, 0.25) is 5.91 Å². The fraction of sp³-hybridized carbons (Fsp3) is 0.917. The summed E-state index contributed by atoms with van der Waals surface area (Å²) in [4.78, 5) is 11.8. The highest BCUT2D eigenvalue weighted by molar-refractivity contribution is 5.78. The lowest BCUT2D eigenvalue weighted by Gasteiger charge is -2.22. The van der Waals surface area contributed by atoms with Crippen molar-refractivity contribution in [3.05, 3.63) is 0 Å². The van der Waals surface area contributed by atoms with Crippen molar-refractivity contribution < 1.29 is 9.53 Å². The number of ether oxygens (including phenoxy) is 1. The summed E-state index contributed by atoms with van der Waals surface area (Å²) in [5, 5.41) is 3.03. The van der Waals surface area contributed by atoms with E-state index in [1.54, 1.807) is 0 Å². The van der Waals surface area contributed by atoms with Gasteiger partial charge in [0.1, 0.15) is 0 Å². The summed E-state index contributed by atoms with van der Waals surface area (Å²) in [6.45, 7) is 5.45. The minimum atomic E-state index is 0.0485. The van der Waals surface area contributed by atoms with Gasteiger partial charge in [-0.05, 0) is 39.2 Å². The Balaban J connectivity index is 2.26. The van der Waals surface area contributed by atoms with Crippen molar-refractivity contribution in [2.45, 2.75) is 51.7 Å². The number of amides is 1. The third-order valence-electron chi connectivity index (χ3n) is 3.18. The zero-order valence-corrected chi connectivity index (χ0v) is 10.4. The molecule has 0 spiro atoms. The van der Waals surface area contributed by atoms with Crippen molar-refractivity contribution in [2.24, 2.45) is 11.7 Å². The van der Waals surface area contributed by atoms with Gasteiger partial charge in [0.15, 0.2) is 0 Å². The van der Waals surface area contributed by atoms with Crippen LogP contribution in [-0.4, -0.2) is 31.2 Å². The Labute approximate surface area is 97.9 Å². The van der Waals surface area contributed by atoms with E-state index in [0.29, 0.717) is 6.54 Å². The maximum atomic E-state index is 11.8. The van der Waals surface area contributed by atoms with Crippen LogP contribution in [0.2, 0.25) is 0 Å². The Bertz CT molecular complexity index is 215. The van der Waals surface area contributed by atoms with E-state index in [4.69, 9.17) is 10.5 Å². The summed E-state index contributed by atoms with van der Waals surface area (Å²) in [6, 6.07) is 0.121. The minimum Gasteiger partial charge on any atom is -0.376 e. The molecule has 0 bridgehead atoms. The highest BCUT2D eigenvalue weighted by Crippen LogP contribution is 2.16. The smallest absolute Gasteiger partial charge is 0.223 e. The molecule has 1 amide bonds. The van der Waals surface area contributed by atoms with Gasteiger partial charge in [-0.15, -0.1) is 0 Å². The first kappa shape index (κ1) is 13.5. The van der Waals surface area contributed by atoms with E-state index in [9.17, 15) is 4.79 Å². The van der Waals surface area contributed by atoms with Crippen LogP contribution in [0.15, 0.2) is 0 Å². The maximum absolute atomic E-state index is 11.8. The maximum Gasteiger partial charge on any atom is 0.223 e. The SMILES string of the molecule is CC(CCCN)C(=O)NC(C)C1CCCO1. The van der Waals surface area contributed by atoms with Gasteiger partial charge in [-0.25, -0.2) is 0 Å². The standard InChI is InChI=1S/C12H24N2O2/c1-9(5-3-7-13)12(15)14-10(2)11-6-4-8-16-11/h9-11H,3-8,13H2,1-2H3,(H,14,15). The lowest BCUT2D eigenvalue weighted by molar-refractivity contribution is -0.126. The van der Waals surface area contributed by atoms with Crippen LogP contribution in [0.3, 0.4) is 0 Å². The molecule has 3 N–H and O–H groups in total. The molecular formula is C12H24N2O2. The van der Waals surface area contributed by atoms with Crippen molar-refractivity contribution in [2.75, 3.05) is 13.2 Å². The van der Waals surface area contributed by atoms with Crippen molar-refractivity contribution in [3.8, 4) is 0 Å². The topological polar surface area (TPSA) is 64.4 Å². The zero-order valence-electron chi connectivity index (χ0n) is 10.4. The Morgan fingerprint density at radius 2 is 2.31 bits per heavy atom. The second kappa shape index (κ2) is 6.86. The third kappa shape index (κ3) is 4.10. The van der Waals surface area contributed by atoms with Crippen LogP contribution < -0.4 is 11.1 Å². The first-order chi connectivity index (χ1) is 7.65. The highest BCUT2D eigenvalue weighted by Gasteiger charge is 2.24. The van der Waals surface area contributed by atoms with Crippen LogP contribution >= 0.6 is 0 Å². The van der Waals surface area contributed by atoms with Crippen LogP contribution in [0.1, 0.15) is 39.5 Å². The molecule has 3 unspecified atom stereocenters. The molecule has 94 valence electrons. The number of carbonyl (C=O) groups excluding carboxylic acids is 1. The third-order valence-corrected chi connectivity index (χ3v) is 3.18. The van der Waals surface area contributed by atoms with Gasteiger partial charge in [0.25, 0.3) is 0 Å². The summed E-state index contributed by atoms with van der Waals surface area (Å²) in [7, 11) is 0. The molecule has 0 radical (unpaired) electrons. The largest absolute Gasteiger partial charge is 0.376 e. The summed E-state index contributed by atoms with van der Waals surface area (Å²) < 4.78 is 5.54. The van der Waals surface area contributed by atoms with Gasteiger partial charge in [0, 0.05) is 12.5 Å². The molecule has 16 heavy (non-hydrogen) atoms. The molecule has 1 aliphatic rings. The molecule has 0 aromatic carbocycles. The van der Waals surface area contributed by atoms with Crippen LogP contribution in [0.4, 0.5) is 0 Å². The molecule has 1 fully saturated rings. The molecule has 1 aliphatic heterocycles. The molecule has 4 heteroatoms. The summed E-state index contributed by atoms with van der Waals surface area (Å²) in [5.41, 5.74) is 5.43. The van der Waals surface area contributed by atoms with Crippen LogP contribution in [0.25, 0.3) is 0 Å². The Kier molecular flexibility index (Phi) is 5.77. The van der Waals surface area contributed by atoms with E-state index in [-0.39, 0.29) is 24.0 Å². The van der Waals surface area contributed by atoms with E-state index in [1.165, 1.54) is 0 Å². The molecule has 3 atom stereocenters. The van der Waals surface area contributed by atoms with Crippen molar-refractivity contribution in [1.29, 1.82) is 0 Å². The molecule has 1 rings (SSSR count). The predicted octanol–water partition coefficient (Wildman–Crippen LogP) is 1.05. The average Bonchev–Trinajstić information content (AvgIpc) is 2.79. The fourth-order valence-electron chi connectivity index (χ4n) is 2.01. The number of rotatable bonds is 6. The lowest BCUT2D eigenvalue weighted by Crippen LogP contribution is -2.43. The summed E-state index contributed by atoms with van der Waals surface area (Å²) in [5.74, 6) is 0.170. The van der Waals surface area contributed by atoms with Gasteiger partial charge in [-0.1, -0.05) is 6.92 Å².